The van der Waals surface area contributed by atoms with Crippen LogP contribution in [0.5, 0.6) is 0 Å². The van der Waals surface area contributed by atoms with Crippen molar-refractivity contribution in [1.82, 2.24) is 4.90 Å². The Bertz CT molecular complexity index is 495. The summed E-state index contributed by atoms with van der Waals surface area (Å²) in [7, 11) is 0. The Kier molecular flexibility index (Phi) is 5.63. The molecule has 0 bridgehead atoms. The lowest BCUT2D eigenvalue weighted by atomic mass is 9.91. The van der Waals surface area contributed by atoms with E-state index in [-0.39, 0.29) is 0 Å². The van der Waals surface area contributed by atoms with Gasteiger partial charge in [-0.1, -0.05) is 19.4 Å². The quantitative estimate of drug-likeness (QED) is 0.798. The lowest BCUT2D eigenvalue weighted by Crippen LogP contribution is -2.41. The van der Waals surface area contributed by atoms with E-state index in [0.717, 1.165) is 11.8 Å². The maximum absolute atomic E-state index is 2.74. The fraction of sp³-hybridized carbons (Fsp3) is 0.714. The molecule has 2 heteroatoms. The van der Waals surface area contributed by atoms with Crippen LogP contribution in [0.4, 0.5) is 5.69 Å². The zero-order valence-corrected chi connectivity index (χ0v) is 15.4. The largest absolute Gasteiger partial charge is 0.372 e. The molecule has 2 heterocycles. The minimum atomic E-state index is 0.913. The van der Waals surface area contributed by atoms with Gasteiger partial charge in [-0.15, -0.1) is 0 Å². The minimum Gasteiger partial charge on any atom is -0.372 e. The van der Waals surface area contributed by atoms with Crippen LogP contribution in [-0.4, -0.2) is 37.6 Å². The van der Waals surface area contributed by atoms with Gasteiger partial charge >= 0.3 is 0 Å². The molecule has 0 amide bonds. The van der Waals surface area contributed by atoms with Crippen LogP contribution in [0.3, 0.4) is 0 Å². The Morgan fingerprint density at radius 2 is 1.52 bits per heavy atom. The molecule has 1 aromatic rings. The number of benzene rings is 1. The molecule has 2 fully saturated rings. The van der Waals surface area contributed by atoms with E-state index in [2.05, 4.69) is 48.8 Å². The molecule has 1 aromatic carbocycles. The summed E-state index contributed by atoms with van der Waals surface area (Å²) >= 11 is 0. The van der Waals surface area contributed by atoms with Crippen molar-refractivity contribution < 1.29 is 0 Å². The van der Waals surface area contributed by atoms with Crippen LogP contribution < -0.4 is 4.90 Å². The molecule has 0 spiro atoms. The minimum absolute atomic E-state index is 0.913. The zero-order chi connectivity index (χ0) is 16.2. The van der Waals surface area contributed by atoms with Crippen LogP contribution in [-0.2, 0) is 0 Å². The highest BCUT2D eigenvalue weighted by molar-refractivity contribution is 5.50. The summed E-state index contributed by atoms with van der Waals surface area (Å²) in [5, 5.41) is 0. The van der Waals surface area contributed by atoms with Crippen molar-refractivity contribution in [2.24, 2.45) is 11.8 Å². The predicted octanol–water partition coefficient (Wildman–Crippen LogP) is 4.64. The van der Waals surface area contributed by atoms with E-state index in [0.29, 0.717) is 0 Å². The Hall–Kier alpha value is -1.02. The molecule has 2 aliphatic heterocycles. The van der Waals surface area contributed by atoms with Gasteiger partial charge in [-0.2, -0.15) is 0 Å². The van der Waals surface area contributed by atoms with Gasteiger partial charge in [0.2, 0.25) is 0 Å². The number of nitrogens with zero attached hydrogens (tertiary/aromatic N) is 2. The van der Waals surface area contributed by atoms with Gasteiger partial charge in [-0.25, -0.2) is 0 Å². The summed E-state index contributed by atoms with van der Waals surface area (Å²) in [4.78, 5) is 5.33. The van der Waals surface area contributed by atoms with Crippen molar-refractivity contribution in [3.8, 4) is 0 Å². The van der Waals surface area contributed by atoms with E-state index < -0.39 is 0 Å². The number of hydrogen-bond donors (Lipinski definition) is 0. The Labute approximate surface area is 142 Å². The summed E-state index contributed by atoms with van der Waals surface area (Å²) in [6.07, 6.45) is 6.96. The lowest BCUT2D eigenvalue weighted by molar-refractivity contribution is 0.149. The molecule has 0 aliphatic carbocycles. The second kappa shape index (κ2) is 7.70. The molecule has 23 heavy (non-hydrogen) atoms. The highest BCUT2D eigenvalue weighted by atomic mass is 15.2. The van der Waals surface area contributed by atoms with E-state index in [1.807, 2.05) is 0 Å². The summed E-state index contributed by atoms with van der Waals surface area (Å²) < 4.78 is 0. The monoisotopic (exact) mass is 314 g/mol. The molecule has 2 aliphatic rings. The van der Waals surface area contributed by atoms with Crippen LogP contribution in [0.25, 0.3) is 0 Å². The van der Waals surface area contributed by atoms with Crippen molar-refractivity contribution in [1.29, 1.82) is 0 Å². The molecule has 0 saturated carbocycles. The molecule has 0 unspecified atom stereocenters. The van der Waals surface area contributed by atoms with Crippen molar-refractivity contribution in [2.75, 3.05) is 37.6 Å². The number of aryl methyl sites for hydroxylation is 2. The Morgan fingerprint density at radius 1 is 0.870 bits per heavy atom. The normalized spacial score (nSPS) is 21.8. The highest BCUT2D eigenvalue weighted by Gasteiger charge is 2.24. The van der Waals surface area contributed by atoms with Gasteiger partial charge in [0.25, 0.3) is 0 Å². The van der Waals surface area contributed by atoms with Crippen LogP contribution in [0, 0.1) is 25.7 Å². The van der Waals surface area contributed by atoms with Crippen molar-refractivity contribution in [2.45, 2.75) is 52.9 Å². The van der Waals surface area contributed by atoms with Gasteiger partial charge in [-0.3, -0.25) is 0 Å². The lowest BCUT2D eigenvalue weighted by Gasteiger charge is -2.38. The summed E-state index contributed by atoms with van der Waals surface area (Å²) in [5.41, 5.74) is 4.25. The van der Waals surface area contributed by atoms with E-state index in [9.17, 15) is 0 Å². The topological polar surface area (TPSA) is 6.48 Å². The SMILES string of the molecule is CCC1CCN(CC2CCN(c3ccc(C)c(C)c3)CC2)CC1. The first-order valence-electron chi connectivity index (χ1n) is 9.70. The standard InChI is InChI=1S/C21H34N2/c1-4-19-7-11-22(12-8-19)16-20-9-13-23(14-10-20)21-6-5-17(2)18(3)15-21/h5-6,15,19-20H,4,7-14,16H2,1-3H3. The van der Waals surface area contributed by atoms with Gasteiger partial charge in [0, 0.05) is 25.3 Å². The maximum atomic E-state index is 2.74. The van der Waals surface area contributed by atoms with Crippen molar-refractivity contribution in [3.05, 3.63) is 29.3 Å². The summed E-state index contributed by atoms with van der Waals surface area (Å²) in [6, 6.07) is 6.94. The second-order valence-corrected chi connectivity index (χ2v) is 7.85. The Morgan fingerprint density at radius 3 is 2.13 bits per heavy atom. The Balaban J connectivity index is 1.46. The number of hydrogen-bond acceptors (Lipinski definition) is 2. The number of anilines is 1. The molecular weight excluding hydrogens is 280 g/mol. The van der Waals surface area contributed by atoms with Gasteiger partial charge in [-0.05, 0) is 87.7 Å². The van der Waals surface area contributed by atoms with Crippen LogP contribution in [0.2, 0.25) is 0 Å². The van der Waals surface area contributed by atoms with Gasteiger partial charge in [0.1, 0.15) is 0 Å². The third-order valence-corrected chi connectivity index (χ3v) is 6.27. The molecule has 128 valence electrons. The van der Waals surface area contributed by atoms with Crippen LogP contribution in [0.1, 0.15) is 50.2 Å². The van der Waals surface area contributed by atoms with Gasteiger partial charge in [0.15, 0.2) is 0 Å². The number of piperidine rings is 2. The van der Waals surface area contributed by atoms with Crippen molar-refractivity contribution >= 4 is 5.69 Å². The summed E-state index contributed by atoms with van der Waals surface area (Å²) in [6.45, 7) is 13.3. The average Bonchev–Trinajstić information content (AvgIpc) is 2.59. The fourth-order valence-electron chi connectivity index (χ4n) is 4.24. The molecule has 0 radical (unpaired) electrons. The first-order valence-corrected chi connectivity index (χ1v) is 9.70. The van der Waals surface area contributed by atoms with Gasteiger partial charge < -0.3 is 9.80 Å². The molecular formula is C21H34N2. The van der Waals surface area contributed by atoms with E-state index >= 15 is 0 Å². The van der Waals surface area contributed by atoms with Crippen LogP contribution in [0.15, 0.2) is 18.2 Å². The third kappa shape index (κ3) is 4.29. The molecule has 0 aromatic heterocycles. The zero-order valence-electron chi connectivity index (χ0n) is 15.4. The van der Waals surface area contributed by atoms with Crippen LogP contribution >= 0.6 is 0 Å². The predicted molar refractivity (Wildman–Crippen MR) is 100 cm³/mol. The first kappa shape index (κ1) is 16.8. The van der Waals surface area contributed by atoms with Crippen molar-refractivity contribution in [3.63, 3.8) is 0 Å². The highest BCUT2D eigenvalue weighted by Crippen LogP contribution is 2.27. The number of likely N-dealkylation sites (tertiary alicyclic amines) is 1. The van der Waals surface area contributed by atoms with E-state index in [1.165, 1.54) is 81.6 Å². The summed E-state index contributed by atoms with van der Waals surface area (Å²) in [5.74, 6) is 1.91. The second-order valence-electron chi connectivity index (χ2n) is 7.85. The molecule has 2 nitrogen and oxygen atoms in total. The molecule has 2 saturated heterocycles. The smallest absolute Gasteiger partial charge is 0.0369 e. The molecule has 0 atom stereocenters. The van der Waals surface area contributed by atoms with Gasteiger partial charge in [0.05, 0.1) is 0 Å². The fourth-order valence-corrected chi connectivity index (χ4v) is 4.24. The van der Waals surface area contributed by atoms with E-state index in [4.69, 9.17) is 0 Å². The molecule has 0 N–H and O–H groups in total. The first-order chi connectivity index (χ1) is 11.2. The number of rotatable bonds is 4. The third-order valence-electron chi connectivity index (χ3n) is 6.27. The van der Waals surface area contributed by atoms with E-state index in [1.54, 1.807) is 0 Å². The maximum Gasteiger partial charge on any atom is 0.0369 e. The molecule has 3 rings (SSSR count). The average molecular weight is 315 g/mol.